The van der Waals surface area contributed by atoms with Crippen molar-refractivity contribution in [2.24, 2.45) is 0 Å². The van der Waals surface area contributed by atoms with Gasteiger partial charge in [-0.3, -0.25) is 0 Å². The van der Waals surface area contributed by atoms with Gasteiger partial charge in [0.25, 0.3) is 0 Å². The maximum Gasteiger partial charge on any atom is 0.365 e. The Morgan fingerprint density at radius 2 is 1.41 bits per heavy atom. The average Bonchev–Trinajstić information content (AvgIpc) is 2.75. The van der Waals surface area contributed by atoms with Gasteiger partial charge in [-0.25, -0.2) is 14.4 Å². The highest BCUT2D eigenvalue weighted by Crippen LogP contribution is 2.28. The molecule has 2 rings (SSSR count). The van der Waals surface area contributed by atoms with Crippen molar-refractivity contribution in [2.45, 2.75) is 52.1 Å². The Morgan fingerprint density at radius 3 is 1.79 bits per heavy atom. The second-order valence-corrected chi connectivity index (χ2v) is 9.26. The molecule has 196 valence electrons. The van der Waals surface area contributed by atoms with Crippen molar-refractivity contribution in [3.05, 3.63) is 35.4 Å². The molecule has 0 amide bonds. The minimum absolute atomic E-state index is 0. The molecule has 0 bridgehead atoms. The standard InChI is InChI=1S/C16H34N2O2.C8H6O4.2HI/c1-7-18(6,8-2)12-13-20-16(19)15-11-9-10-14(3)17(15,4)5;9-7(10)5-1-2-6(4-3-5)8(11)12;;/h14-15H,7-13H2,1-6H3;1-4H,(H,9,10)(H,11,12);2*1H/q+2;;;. The van der Waals surface area contributed by atoms with E-state index in [0.717, 1.165) is 41.4 Å². The van der Waals surface area contributed by atoms with Gasteiger partial charge in [-0.2, -0.15) is 0 Å². The maximum atomic E-state index is 12.4. The summed E-state index contributed by atoms with van der Waals surface area (Å²) < 4.78 is 7.33. The van der Waals surface area contributed by atoms with E-state index in [1.54, 1.807) is 0 Å². The van der Waals surface area contributed by atoms with Gasteiger partial charge in [-0.1, -0.05) is 0 Å². The molecular formula is C24H42I2N2O6+2. The zero-order chi connectivity index (χ0) is 24.5. The van der Waals surface area contributed by atoms with Gasteiger partial charge in [0, 0.05) is 6.42 Å². The number of carbonyl (C=O) groups is 3. The summed E-state index contributed by atoms with van der Waals surface area (Å²) >= 11 is 0. The molecule has 0 spiro atoms. The van der Waals surface area contributed by atoms with Crippen LogP contribution in [0.5, 0.6) is 0 Å². The lowest BCUT2D eigenvalue weighted by atomic mass is 9.94. The van der Waals surface area contributed by atoms with Gasteiger partial charge in [0.2, 0.25) is 0 Å². The van der Waals surface area contributed by atoms with E-state index in [0.29, 0.717) is 12.6 Å². The van der Waals surface area contributed by atoms with Crippen LogP contribution < -0.4 is 0 Å². The molecular weight excluding hydrogens is 666 g/mol. The molecule has 1 fully saturated rings. The first-order chi connectivity index (χ1) is 14.9. The highest BCUT2D eigenvalue weighted by atomic mass is 127. The highest BCUT2D eigenvalue weighted by molar-refractivity contribution is 14.0. The molecule has 2 unspecified atom stereocenters. The van der Waals surface area contributed by atoms with E-state index >= 15 is 0 Å². The Balaban J connectivity index is 0. The van der Waals surface area contributed by atoms with Gasteiger partial charge in [-0.15, -0.1) is 48.0 Å². The Bertz CT molecular complexity index is 749. The second kappa shape index (κ2) is 15.9. The average molecular weight is 708 g/mol. The Labute approximate surface area is 237 Å². The molecule has 1 aromatic rings. The molecule has 2 N–H and O–H groups in total. The fourth-order valence-electron chi connectivity index (χ4n) is 3.73. The number of hydrogen-bond acceptors (Lipinski definition) is 4. The van der Waals surface area contributed by atoms with Crippen molar-refractivity contribution >= 4 is 65.9 Å². The number of hydrogen-bond donors (Lipinski definition) is 2. The van der Waals surface area contributed by atoms with Crippen molar-refractivity contribution in [1.82, 2.24) is 0 Å². The number of esters is 1. The molecule has 0 aromatic heterocycles. The van der Waals surface area contributed by atoms with Crippen LogP contribution in [-0.2, 0) is 9.53 Å². The normalized spacial score (nSPS) is 18.8. The van der Waals surface area contributed by atoms with Crippen LogP contribution in [-0.4, -0.2) is 96.6 Å². The third kappa shape index (κ3) is 10.3. The summed E-state index contributed by atoms with van der Waals surface area (Å²) in [6.45, 7) is 10.2. The number of rotatable bonds is 8. The van der Waals surface area contributed by atoms with Crippen LogP contribution in [0.1, 0.15) is 60.7 Å². The van der Waals surface area contributed by atoms with Crippen LogP contribution in [0, 0.1) is 0 Å². The lowest BCUT2D eigenvalue weighted by Crippen LogP contribution is -2.60. The molecule has 10 heteroatoms. The number of carboxylic acids is 2. The van der Waals surface area contributed by atoms with Crippen LogP contribution in [0.4, 0.5) is 0 Å². The van der Waals surface area contributed by atoms with Gasteiger partial charge in [0.05, 0.1) is 51.4 Å². The number of piperidine rings is 1. The first kappa shape index (κ1) is 35.2. The topological polar surface area (TPSA) is 101 Å². The lowest BCUT2D eigenvalue weighted by Gasteiger charge is -2.45. The molecule has 2 atom stereocenters. The minimum atomic E-state index is -1.06. The summed E-state index contributed by atoms with van der Waals surface area (Å²) in [6, 6.07) is 5.57. The van der Waals surface area contributed by atoms with Gasteiger partial charge in [0.15, 0.2) is 6.04 Å². The predicted octanol–water partition coefficient (Wildman–Crippen LogP) is 4.35. The monoisotopic (exact) mass is 708 g/mol. The van der Waals surface area contributed by atoms with Crippen LogP contribution >= 0.6 is 48.0 Å². The molecule has 1 saturated heterocycles. The van der Waals surface area contributed by atoms with Crippen molar-refractivity contribution in [3.63, 3.8) is 0 Å². The van der Waals surface area contributed by atoms with E-state index in [9.17, 15) is 14.4 Å². The summed E-state index contributed by atoms with van der Waals surface area (Å²) in [5.41, 5.74) is 0.167. The van der Waals surface area contributed by atoms with E-state index in [4.69, 9.17) is 14.9 Å². The van der Waals surface area contributed by atoms with E-state index in [-0.39, 0.29) is 71.1 Å². The summed E-state index contributed by atoms with van der Waals surface area (Å²) in [4.78, 5) is 33.0. The third-order valence-electron chi connectivity index (χ3n) is 7.09. The smallest absolute Gasteiger partial charge is 0.365 e. The summed E-state index contributed by atoms with van der Waals surface area (Å²) in [6.07, 6.45) is 3.31. The number of ether oxygens (including phenoxy) is 1. The van der Waals surface area contributed by atoms with Crippen LogP contribution in [0.15, 0.2) is 24.3 Å². The highest BCUT2D eigenvalue weighted by Gasteiger charge is 2.42. The van der Waals surface area contributed by atoms with Crippen molar-refractivity contribution in [3.8, 4) is 0 Å². The Morgan fingerprint density at radius 1 is 0.971 bits per heavy atom. The molecule has 0 aliphatic carbocycles. The lowest BCUT2D eigenvalue weighted by molar-refractivity contribution is -0.934. The largest absolute Gasteiger partial charge is 0.478 e. The van der Waals surface area contributed by atoms with Crippen molar-refractivity contribution in [1.29, 1.82) is 0 Å². The zero-order valence-electron chi connectivity index (χ0n) is 21.2. The molecule has 1 aliphatic heterocycles. The van der Waals surface area contributed by atoms with Crippen molar-refractivity contribution in [2.75, 3.05) is 47.4 Å². The number of aromatic carboxylic acids is 2. The third-order valence-corrected chi connectivity index (χ3v) is 7.09. The van der Waals surface area contributed by atoms with Gasteiger partial charge < -0.3 is 23.9 Å². The van der Waals surface area contributed by atoms with Gasteiger partial charge in [-0.05, 0) is 57.9 Å². The number of likely N-dealkylation sites (tertiary alicyclic amines) is 1. The Hall–Kier alpha value is -0.990. The molecule has 34 heavy (non-hydrogen) atoms. The number of benzene rings is 1. The fourth-order valence-corrected chi connectivity index (χ4v) is 3.73. The molecule has 0 saturated carbocycles. The zero-order valence-corrected chi connectivity index (χ0v) is 25.8. The second-order valence-electron chi connectivity index (χ2n) is 9.26. The molecule has 1 aromatic carbocycles. The Kier molecular flexibility index (Phi) is 16.4. The van der Waals surface area contributed by atoms with E-state index < -0.39 is 11.9 Å². The number of quaternary nitrogens is 2. The number of nitrogens with zero attached hydrogens (tertiary/aromatic N) is 2. The van der Waals surface area contributed by atoms with E-state index in [1.807, 2.05) is 0 Å². The summed E-state index contributed by atoms with van der Waals surface area (Å²) in [7, 11) is 6.54. The van der Waals surface area contributed by atoms with Crippen LogP contribution in [0.3, 0.4) is 0 Å². The first-order valence-electron chi connectivity index (χ1n) is 11.3. The van der Waals surface area contributed by atoms with Crippen LogP contribution in [0.25, 0.3) is 0 Å². The fraction of sp³-hybridized carbons (Fsp3) is 0.625. The molecule has 0 radical (unpaired) electrons. The number of carbonyl (C=O) groups excluding carboxylic acids is 1. The predicted molar refractivity (Wildman–Crippen MR) is 153 cm³/mol. The SMILES string of the molecule is CC[N+](C)(CC)CCOC(=O)C1CCCC(C)[N+]1(C)C.I.I.O=C(O)c1ccc(C(=O)O)cc1. The maximum absolute atomic E-state index is 12.4. The van der Waals surface area contributed by atoms with Crippen LogP contribution in [0.2, 0.25) is 0 Å². The van der Waals surface area contributed by atoms with Crippen molar-refractivity contribution < 1.29 is 38.3 Å². The van der Waals surface area contributed by atoms with Gasteiger partial charge in [0.1, 0.15) is 13.2 Å². The molecule has 1 heterocycles. The number of carboxylic acid groups (broad SMARTS) is 2. The first-order valence-corrected chi connectivity index (χ1v) is 11.3. The molecule has 1 aliphatic rings. The number of halogens is 2. The number of likely N-dealkylation sites (N-methyl/N-ethyl adjacent to an activating group) is 2. The van der Waals surface area contributed by atoms with E-state index in [2.05, 4.69) is 41.9 Å². The van der Waals surface area contributed by atoms with Gasteiger partial charge >= 0.3 is 17.9 Å². The van der Waals surface area contributed by atoms with E-state index in [1.165, 1.54) is 30.7 Å². The summed E-state index contributed by atoms with van der Waals surface area (Å²) in [5.74, 6) is -2.13. The quantitative estimate of drug-likeness (QED) is 0.237. The molecule has 8 nitrogen and oxygen atoms in total. The summed E-state index contributed by atoms with van der Waals surface area (Å²) in [5, 5.41) is 16.9. The minimum Gasteiger partial charge on any atom is -0.478 e.